The number of hydrogen-bond donors (Lipinski definition) is 1. The first-order chi connectivity index (χ1) is 10.9. The molecule has 0 aliphatic rings. The zero-order valence-electron chi connectivity index (χ0n) is 11.5. The number of nitro groups is 2. The third kappa shape index (κ3) is 3.73. The van der Waals surface area contributed by atoms with Gasteiger partial charge in [0, 0.05) is 23.4 Å². The van der Waals surface area contributed by atoms with Crippen molar-refractivity contribution >= 4 is 29.3 Å². The largest absolute Gasteiger partial charge is 0.322 e. The lowest BCUT2D eigenvalue weighted by Crippen LogP contribution is -2.12. The molecule has 0 unspecified atom stereocenters. The summed E-state index contributed by atoms with van der Waals surface area (Å²) in [6, 6.07) is 8.54. The molecular formula is C14H9N3O6. The van der Waals surface area contributed by atoms with Gasteiger partial charge in [-0.2, -0.15) is 0 Å². The number of carbonyl (C=O) groups is 2. The number of carbonyl (C=O) groups excluding carboxylic acids is 2. The Hall–Kier alpha value is -3.62. The van der Waals surface area contributed by atoms with Crippen molar-refractivity contribution in [3.05, 3.63) is 73.8 Å². The van der Waals surface area contributed by atoms with Crippen LogP contribution in [-0.4, -0.2) is 22.0 Å². The summed E-state index contributed by atoms with van der Waals surface area (Å²) in [6.07, 6.45) is 0.634. The van der Waals surface area contributed by atoms with Crippen LogP contribution >= 0.6 is 0 Å². The monoisotopic (exact) mass is 315 g/mol. The van der Waals surface area contributed by atoms with E-state index in [1.807, 2.05) is 0 Å². The Morgan fingerprint density at radius 3 is 1.91 bits per heavy atom. The molecule has 2 aromatic rings. The molecule has 1 N–H and O–H groups in total. The quantitative estimate of drug-likeness (QED) is 0.512. The highest BCUT2D eigenvalue weighted by atomic mass is 16.6. The number of nitrogens with one attached hydrogen (secondary N) is 1. The van der Waals surface area contributed by atoms with Crippen molar-refractivity contribution in [2.45, 2.75) is 0 Å². The van der Waals surface area contributed by atoms with Crippen LogP contribution in [0.3, 0.4) is 0 Å². The first-order valence-corrected chi connectivity index (χ1v) is 6.21. The molecule has 0 bridgehead atoms. The smallest absolute Gasteiger partial charge is 0.277 e. The molecule has 0 aliphatic heterocycles. The molecule has 0 saturated heterocycles. The van der Waals surface area contributed by atoms with E-state index in [9.17, 15) is 29.8 Å². The summed E-state index contributed by atoms with van der Waals surface area (Å²) < 4.78 is 0. The van der Waals surface area contributed by atoms with Crippen molar-refractivity contribution in [1.82, 2.24) is 0 Å². The summed E-state index contributed by atoms with van der Waals surface area (Å²) in [4.78, 5) is 42.6. The zero-order valence-corrected chi connectivity index (χ0v) is 11.5. The van der Waals surface area contributed by atoms with Gasteiger partial charge in [0.05, 0.1) is 21.5 Å². The van der Waals surface area contributed by atoms with E-state index >= 15 is 0 Å². The number of rotatable bonds is 5. The van der Waals surface area contributed by atoms with Crippen LogP contribution in [0.2, 0.25) is 0 Å². The van der Waals surface area contributed by atoms with Gasteiger partial charge >= 0.3 is 0 Å². The molecule has 1 amide bonds. The predicted octanol–water partition coefficient (Wildman–Crippen LogP) is 2.57. The van der Waals surface area contributed by atoms with Gasteiger partial charge in [0.1, 0.15) is 6.29 Å². The van der Waals surface area contributed by atoms with E-state index in [4.69, 9.17) is 0 Å². The molecular weight excluding hydrogens is 306 g/mol. The van der Waals surface area contributed by atoms with Crippen LogP contribution in [0.1, 0.15) is 20.7 Å². The highest BCUT2D eigenvalue weighted by molar-refractivity contribution is 6.05. The zero-order chi connectivity index (χ0) is 17.0. The average Bonchev–Trinajstić information content (AvgIpc) is 2.55. The number of nitro benzene ring substituents is 2. The van der Waals surface area contributed by atoms with Crippen molar-refractivity contribution in [3.63, 3.8) is 0 Å². The van der Waals surface area contributed by atoms with Gasteiger partial charge in [-0.05, 0) is 24.3 Å². The van der Waals surface area contributed by atoms with Gasteiger partial charge in [0.2, 0.25) is 0 Å². The number of nitrogens with zero attached hydrogens (tertiary/aromatic N) is 2. The third-order valence-corrected chi connectivity index (χ3v) is 2.89. The fourth-order valence-electron chi connectivity index (χ4n) is 1.79. The van der Waals surface area contributed by atoms with E-state index in [1.54, 1.807) is 0 Å². The predicted molar refractivity (Wildman–Crippen MR) is 79.5 cm³/mol. The fourth-order valence-corrected chi connectivity index (χ4v) is 1.79. The molecule has 0 radical (unpaired) electrons. The van der Waals surface area contributed by atoms with Crippen molar-refractivity contribution in [1.29, 1.82) is 0 Å². The molecule has 23 heavy (non-hydrogen) atoms. The van der Waals surface area contributed by atoms with Crippen molar-refractivity contribution in [2.24, 2.45) is 0 Å². The third-order valence-electron chi connectivity index (χ3n) is 2.89. The standard InChI is InChI=1S/C14H9N3O6/c18-8-9-1-3-11(4-2-9)15-14(19)10-5-12(16(20)21)7-13(6-10)17(22)23/h1-8H,(H,15,19). The van der Waals surface area contributed by atoms with E-state index in [-0.39, 0.29) is 5.56 Å². The van der Waals surface area contributed by atoms with Crippen molar-refractivity contribution in [3.8, 4) is 0 Å². The Morgan fingerprint density at radius 2 is 1.48 bits per heavy atom. The Bertz CT molecular complexity index is 768. The lowest BCUT2D eigenvalue weighted by atomic mass is 10.1. The highest BCUT2D eigenvalue weighted by Crippen LogP contribution is 2.23. The number of aldehydes is 1. The molecule has 0 heterocycles. The maximum Gasteiger partial charge on any atom is 0.277 e. The Kier molecular flexibility index (Phi) is 4.41. The topological polar surface area (TPSA) is 132 Å². The normalized spacial score (nSPS) is 9.91. The molecule has 0 fully saturated rings. The Labute approximate surface area is 128 Å². The molecule has 2 aromatic carbocycles. The SMILES string of the molecule is O=Cc1ccc(NC(=O)c2cc([N+](=O)[O-])cc([N+](=O)[O-])c2)cc1. The molecule has 0 aliphatic carbocycles. The fraction of sp³-hybridized carbons (Fsp3) is 0. The van der Waals surface area contributed by atoms with Crippen LogP contribution in [0, 0.1) is 20.2 Å². The van der Waals surface area contributed by atoms with Gasteiger partial charge in [0.25, 0.3) is 17.3 Å². The van der Waals surface area contributed by atoms with Crippen molar-refractivity contribution in [2.75, 3.05) is 5.32 Å². The molecule has 116 valence electrons. The molecule has 0 atom stereocenters. The highest BCUT2D eigenvalue weighted by Gasteiger charge is 2.19. The van der Waals surface area contributed by atoms with Crippen LogP contribution in [-0.2, 0) is 0 Å². The van der Waals surface area contributed by atoms with Gasteiger partial charge in [-0.1, -0.05) is 0 Å². The van der Waals surface area contributed by atoms with Crippen molar-refractivity contribution < 1.29 is 19.4 Å². The molecule has 9 heteroatoms. The lowest BCUT2D eigenvalue weighted by Gasteiger charge is -2.05. The second kappa shape index (κ2) is 6.43. The molecule has 9 nitrogen and oxygen atoms in total. The first-order valence-electron chi connectivity index (χ1n) is 6.21. The van der Waals surface area contributed by atoms with Gasteiger partial charge < -0.3 is 5.32 Å². The molecule has 0 aromatic heterocycles. The second-order valence-corrected chi connectivity index (χ2v) is 4.45. The Balaban J connectivity index is 2.31. The van der Waals surface area contributed by atoms with Crippen LogP contribution in [0.5, 0.6) is 0 Å². The molecule has 2 rings (SSSR count). The number of benzene rings is 2. The number of non-ortho nitro benzene ring substituents is 2. The lowest BCUT2D eigenvalue weighted by molar-refractivity contribution is -0.394. The minimum absolute atomic E-state index is 0.217. The van der Waals surface area contributed by atoms with Crippen LogP contribution in [0.15, 0.2) is 42.5 Å². The summed E-state index contributed by atoms with van der Waals surface area (Å²) in [5, 5.41) is 24.0. The molecule has 0 saturated carbocycles. The van der Waals surface area contributed by atoms with Crippen LogP contribution in [0.25, 0.3) is 0 Å². The van der Waals surface area contributed by atoms with Crippen LogP contribution in [0.4, 0.5) is 17.1 Å². The van der Waals surface area contributed by atoms with Gasteiger partial charge in [-0.15, -0.1) is 0 Å². The van der Waals surface area contributed by atoms with E-state index < -0.39 is 27.1 Å². The van der Waals surface area contributed by atoms with Gasteiger partial charge in [-0.3, -0.25) is 29.8 Å². The van der Waals surface area contributed by atoms with Gasteiger partial charge in [-0.25, -0.2) is 0 Å². The number of hydrogen-bond acceptors (Lipinski definition) is 6. The molecule has 0 spiro atoms. The summed E-state index contributed by atoms with van der Waals surface area (Å²) in [5.74, 6) is -0.740. The van der Waals surface area contributed by atoms with Crippen LogP contribution < -0.4 is 5.32 Å². The summed E-state index contributed by atoms with van der Waals surface area (Å²) >= 11 is 0. The summed E-state index contributed by atoms with van der Waals surface area (Å²) in [6.45, 7) is 0. The summed E-state index contributed by atoms with van der Waals surface area (Å²) in [7, 11) is 0. The summed E-state index contributed by atoms with van der Waals surface area (Å²) in [5.41, 5.74) is -0.574. The maximum absolute atomic E-state index is 12.1. The second-order valence-electron chi connectivity index (χ2n) is 4.45. The first kappa shape index (κ1) is 15.8. The van der Waals surface area contributed by atoms with E-state index in [1.165, 1.54) is 24.3 Å². The van der Waals surface area contributed by atoms with E-state index in [2.05, 4.69) is 5.32 Å². The van der Waals surface area contributed by atoms with E-state index in [0.717, 1.165) is 18.2 Å². The average molecular weight is 315 g/mol. The minimum Gasteiger partial charge on any atom is -0.322 e. The maximum atomic E-state index is 12.1. The van der Waals surface area contributed by atoms with E-state index in [0.29, 0.717) is 17.5 Å². The van der Waals surface area contributed by atoms with Gasteiger partial charge in [0.15, 0.2) is 0 Å². The Morgan fingerprint density at radius 1 is 0.957 bits per heavy atom. The number of anilines is 1. The minimum atomic E-state index is -0.817. The number of amides is 1.